The fourth-order valence-electron chi connectivity index (χ4n) is 3.84. The minimum atomic E-state index is -0.0714. The second kappa shape index (κ2) is 12.6. The van der Waals surface area contributed by atoms with Crippen molar-refractivity contribution < 1.29 is 14.3 Å². The van der Waals surface area contributed by atoms with Gasteiger partial charge in [0.1, 0.15) is 12.4 Å². The maximum Gasteiger partial charge on any atom is 0.253 e. The highest BCUT2D eigenvalue weighted by molar-refractivity contribution is 6.32. The summed E-state index contributed by atoms with van der Waals surface area (Å²) in [7, 11) is 0. The Balaban J connectivity index is 1.40. The fraction of sp³-hybridized carbons (Fsp3) is 0.440. The first-order valence-corrected chi connectivity index (χ1v) is 11.9. The zero-order chi connectivity index (χ0) is 23.6. The maximum absolute atomic E-state index is 12.6. The predicted molar refractivity (Wildman–Crippen MR) is 132 cm³/mol. The summed E-state index contributed by atoms with van der Waals surface area (Å²) in [4.78, 5) is 31.3. The lowest BCUT2D eigenvalue weighted by atomic mass is 10.1. The van der Waals surface area contributed by atoms with Gasteiger partial charge in [-0.1, -0.05) is 29.8 Å². The van der Waals surface area contributed by atoms with Crippen molar-refractivity contribution in [2.75, 3.05) is 64.3 Å². The standard InChI is InChI=1S/C25H33ClN4O3/c1-3-30(4-2)25(32)20-8-7-9-21(18-20)27-24(31)19-29-14-12-28(13-15-29)16-17-33-23-11-6-5-10-22(23)26/h5-11,18H,3-4,12-17,19H2,1-2H3,(H,27,31). The molecule has 1 saturated heterocycles. The molecule has 0 bridgehead atoms. The summed E-state index contributed by atoms with van der Waals surface area (Å²) in [6.45, 7) is 10.4. The van der Waals surface area contributed by atoms with Crippen molar-refractivity contribution in [2.45, 2.75) is 13.8 Å². The van der Waals surface area contributed by atoms with Crippen molar-refractivity contribution in [3.8, 4) is 5.75 Å². The molecule has 2 aromatic rings. The second-order valence-electron chi connectivity index (χ2n) is 8.00. The third-order valence-electron chi connectivity index (χ3n) is 5.78. The normalized spacial score (nSPS) is 14.6. The number of anilines is 1. The molecule has 0 aliphatic carbocycles. The number of hydrogen-bond donors (Lipinski definition) is 1. The fourth-order valence-corrected chi connectivity index (χ4v) is 4.03. The number of piperazine rings is 1. The minimum absolute atomic E-state index is 0.0225. The number of amides is 2. The van der Waals surface area contributed by atoms with Crippen LogP contribution in [0.15, 0.2) is 48.5 Å². The molecule has 1 fully saturated rings. The van der Waals surface area contributed by atoms with E-state index in [1.54, 1.807) is 23.1 Å². The van der Waals surface area contributed by atoms with E-state index in [2.05, 4.69) is 15.1 Å². The summed E-state index contributed by atoms with van der Waals surface area (Å²) in [5, 5.41) is 3.55. The minimum Gasteiger partial charge on any atom is -0.491 e. The van der Waals surface area contributed by atoms with Crippen LogP contribution in [0.5, 0.6) is 5.75 Å². The molecule has 1 N–H and O–H groups in total. The Morgan fingerprint density at radius 3 is 2.39 bits per heavy atom. The number of ether oxygens (including phenoxy) is 1. The molecule has 0 spiro atoms. The van der Waals surface area contributed by atoms with E-state index in [1.165, 1.54) is 0 Å². The van der Waals surface area contributed by atoms with Crippen LogP contribution in [0.4, 0.5) is 5.69 Å². The van der Waals surface area contributed by atoms with Crippen LogP contribution < -0.4 is 10.1 Å². The van der Waals surface area contributed by atoms with Crippen molar-refractivity contribution in [1.29, 1.82) is 0 Å². The molecular formula is C25H33ClN4O3. The SMILES string of the molecule is CCN(CC)C(=O)c1cccc(NC(=O)CN2CCN(CCOc3ccccc3Cl)CC2)c1. The first-order valence-electron chi connectivity index (χ1n) is 11.5. The van der Waals surface area contributed by atoms with E-state index in [0.29, 0.717) is 48.3 Å². The number of benzene rings is 2. The van der Waals surface area contributed by atoms with Gasteiger partial charge in [-0.2, -0.15) is 0 Å². The lowest BCUT2D eigenvalue weighted by Crippen LogP contribution is -2.49. The van der Waals surface area contributed by atoms with Gasteiger partial charge < -0.3 is 15.0 Å². The molecule has 7 nitrogen and oxygen atoms in total. The summed E-state index contributed by atoms with van der Waals surface area (Å²) >= 11 is 6.12. The monoisotopic (exact) mass is 472 g/mol. The molecule has 0 aromatic heterocycles. The Morgan fingerprint density at radius 2 is 1.70 bits per heavy atom. The van der Waals surface area contributed by atoms with E-state index in [9.17, 15) is 9.59 Å². The van der Waals surface area contributed by atoms with Crippen molar-refractivity contribution in [3.05, 3.63) is 59.1 Å². The number of hydrogen-bond acceptors (Lipinski definition) is 5. The molecule has 1 aliphatic rings. The highest BCUT2D eigenvalue weighted by Gasteiger charge is 2.19. The van der Waals surface area contributed by atoms with Crippen LogP contribution in [0.2, 0.25) is 5.02 Å². The molecule has 2 amide bonds. The van der Waals surface area contributed by atoms with E-state index in [1.807, 2.05) is 44.2 Å². The molecule has 178 valence electrons. The van der Waals surface area contributed by atoms with Gasteiger partial charge in [0.15, 0.2) is 0 Å². The smallest absolute Gasteiger partial charge is 0.253 e. The van der Waals surface area contributed by atoms with Gasteiger partial charge in [0.25, 0.3) is 5.91 Å². The molecular weight excluding hydrogens is 440 g/mol. The van der Waals surface area contributed by atoms with Gasteiger partial charge >= 0.3 is 0 Å². The molecule has 0 saturated carbocycles. The summed E-state index contributed by atoms with van der Waals surface area (Å²) in [6.07, 6.45) is 0. The van der Waals surface area contributed by atoms with Gasteiger partial charge in [-0.25, -0.2) is 0 Å². The number of halogens is 1. The van der Waals surface area contributed by atoms with Gasteiger partial charge in [0.05, 0.1) is 11.6 Å². The molecule has 8 heteroatoms. The molecule has 3 rings (SSSR count). The van der Waals surface area contributed by atoms with E-state index >= 15 is 0 Å². The quantitative estimate of drug-likeness (QED) is 0.573. The Labute approximate surface area is 201 Å². The zero-order valence-electron chi connectivity index (χ0n) is 19.4. The lowest BCUT2D eigenvalue weighted by Gasteiger charge is -2.34. The van der Waals surface area contributed by atoms with E-state index < -0.39 is 0 Å². The first kappa shape index (κ1) is 25.0. The topological polar surface area (TPSA) is 65.1 Å². The van der Waals surface area contributed by atoms with Crippen LogP contribution in [0, 0.1) is 0 Å². The third-order valence-corrected chi connectivity index (χ3v) is 6.09. The van der Waals surface area contributed by atoms with Gasteiger partial charge in [-0.05, 0) is 44.2 Å². The molecule has 2 aromatic carbocycles. The van der Waals surface area contributed by atoms with Crippen LogP contribution in [0.25, 0.3) is 0 Å². The number of nitrogens with zero attached hydrogens (tertiary/aromatic N) is 3. The number of carbonyl (C=O) groups is 2. The van der Waals surface area contributed by atoms with Crippen molar-refractivity contribution in [1.82, 2.24) is 14.7 Å². The highest BCUT2D eigenvalue weighted by Crippen LogP contribution is 2.23. The number of carbonyl (C=O) groups excluding carboxylic acids is 2. The average molecular weight is 473 g/mol. The van der Waals surface area contributed by atoms with Gasteiger partial charge in [0, 0.05) is 57.1 Å². The molecule has 0 radical (unpaired) electrons. The highest BCUT2D eigenvalue weighted by atomic mass is 35.5. The number of nitrogens with one attached hydrogen (secondary N) is 1. The first-order chi connectivity index (χ1) is 16.0. The van der Waals surface area contributed by atoms with Gasteiger partial charge in [-0.15, -0.1) is 0 Å². The van der Waals surface area contributed by atoms with Crippen molar-refractivity contribution >= 4 is 29.1 Å². The van der Waals surface area contributed by atoms with Crippen LogP contribution >= 0.6 is 11.6 Å². The van der Waals surface area contributed by atoms with Crippen LogP contribution in [0.1, 0.15) is 24.2 Å². The van der Waals surface area contributed by atoms with Crippen molar-refractivity contribution in [3.63, 3.8) is 0 Å². The molecule has 0 atom stereocenters. The molecule has 0 unspecified atom stereocenters. The molecule has 33 heavy (non-hydrogen) atoms. The Kier molecular flexibility index (Phi) is 9.54. The van der Waals surface area contributed by atoms with Gasteiger partial charge in [-0.3, -0.25) is 19.4 Å². The lowest BCUT2D eigenvalue weighted by molar-refractivity contribution is -0.117. The largest absolute Gasteiger partial charge is 0.491 e. The summed E-state index contributed by atoms with van der Waals surface area (Å²) in [5.41, 5.74) is 1.23. The maximum atomic E-state index is 12.6. The Morgan fingerprint density at radius 1 is 1.00 bits per heavy atom. The van der Waals surface area contributed by atoms with E-state index in [4.69, 9.17) is 16.3 Å². The Bertz CT molecular complexity index is 927. The predicted octanol–water partition coefficient (Wildman–Crippen LogP) is 3.46. The van der Waals surface area contributed by atoms with Crippen LogP contribution in [-0.4, -0.2) is 85.5 Å². The average Bonchev–Trinajstić information content (AvgIpc) is 2.82. The number of para-hydroxylation sites is 1. The van der Waals surface area contributed by atoms with Gasteiger partial charge in [0.2, 0.25) is 5.91 Å². The third kappa shape index (κ3) is 7.45. The number of rotatable bonds is 10. The zero-order valence-corrected chi connectivity index (χ0v) is 20.2. The van der Waals surface area contributed by atoms with Crippen molar-refractivity contribution in [2.24, 2.45) is 0 Å². The van der Waals surface area contributed by atoms with E-state index in [-0.39, 0.29) is 11.8 Å². The second-order valence-corrected chi connectivity index (χ2v) is 8.41. The summed E-state index contributed by atoms with van der Waals surface area (Å²) in [6, 6.07) is 14.6. The van der Waals surface area contributed by atoms with Crippen LogP contribution in [0.3, 0.4) is 0 Å². The van der Waals surface area contributed by atoms with Crippen LogP contribution in [-0.2, 0) is 4.79 Å². The molecule has 1 heterocycles. The summed E-state index contributed by atoms with van der Waals surface area (Å²) < 4.78 is 5.77. The summed E-state index contributed by atoms with van der Waals surface area (Å²) in [5.74, 6) is 0.612. The molecule has 1 aliphatic heterocycles. The van der Waals surface area contributed by atoms with E-state index in [0.717, 1.165) is 32.7 Å². The Hall–Kier alpha value is -2.61.